The predicted molar refractivity (Wildman–Crippen MR) is 69.0 cm³/mol. The summed E-state index contributed by atoms with van der Waals surface area (Å²) in [6, 6.07) is 2.61. The summed E-state index contributed by atoms with van der Waals surface area (Å²) in [7, 11) is 0. The molecule has 0 radical (unpaired) electrons. The molecule has 0 atom stereocenters. The molecule has 2 aromatic heterocycles. The van der Waals surface area contributed by atoms with Crippen LogP contribution in [-0.2, 0) is 0 Å². The maximum Gasteiger partial charge on any atom is 0.142 e. The number of H-pyrrole nitrogens is 1. The van der Waals surface area contributed by atoms with Gasteiger partial charge in [0.15, 0.2) is 0 Å². The van der Waals surface area contributed by atoms with Crippen LogP contribution in [0.15, 0.2) is 18.6 Å². The van der Waals surface area contributed by atoms with Gasteiger partial charge in [-0.2, -0.15) is 0 Å². The third-order valence-electron chi connectivity index (χ3n) is 3.55. The zero-order valence-electron chi connectivity index (χ0n) is 9.95. The minimum absolute atomic E-state index is 0.575. The molecule has 1 fully saturated rings. The Kier molecular flexibility index (Phi) is 2.94. The van der Waals surface area contributed by atoms with Crippen LogP contribution in [0.5, 0.6) is 0 Å². The van der Waals surface area contributed by atoms with Gasteiger partial charge in [0, 0.05) is 12.2 Å². The number of fused-ring (bicyclic) bond motifs is 1. The summed E-state index contributed by atoms with van der Waals surface area (Å²) < 4.78 is 0. The summed E-state index contributed by atoms with van der Waals surface area (Å²) >= 11 is 0. The lowest BCUT2D eigenvalue weighted by Gasteiger charge is -2.17. The van der Waals surface area contributed by atoms with Gasteiger partial charge < -0.3 is 10.3 Å². The summed E-state index contributed by atoms with van der Waals surface area (Å²) in [5.41, 5.74) is 0.913. The van der Waals surface area contributed by atoms with E-state index in [-0.39, 0.29) is 0 Å². The molecule has 0 unspecified atom stereocenters. The molecule has 4 nitrogen and oxygen atoms in total. The second-order valence-electron chi connectivity index (χ2n) is 4.80. The van der Waals surface area contributed by atoms with Gasteiger partial charge in [-0.15, -0.1) is 0 Å². The molecule has 1 saturated carbocycles. The first-order valence-electron chi connectivity index (χ1n) is 6.48. The van der Waals surface area contributed by atoms with Crippen molar-refractivity contribution in [3.63, 3.8) is 0 Å². The Morgan fingerprint density at radius 2 is 1.94 bits per heavy atom. The average molecular weight is 230 g/mol. The SMILES string of the molecule is c1nc(NC2CCCCCC2)c2cc[nH]c2n1. The molecule has 17 heavy (non-hydrogen) atoms. The molecule has 0 spiro atoms. The second-order valence-corrected chi connectivity index (χ2v) is 4.80. The minimum Gasteiger partial charge on any atom is -0.367 e. The molecule has 1 aliphatic rings. The van der Waals surface area contributed by atoms with Gasteiger partial charge in [-0.25, -0.2) is 9.97 Å². The van der Waals surface area contributed by atoms with Crippen LogP contribution in [-0.4, -0.2) is 21.0 Å². The highest BCUT2D eigenvalue weighted by Gasteiger charge is 2.14. The Bertz CT molecular complexity index is 483. The predicted octanol–water partition coefficient (Wildman–Crippen LogP) is 3.09. The van der Waals surface area contributed by atoms with Crippen molar-refractivity contribution in [2.24, 2.45) is 0 Å². The smallest absolute Gasteiger partial charge is 0.142 e. The molecule has 2 heterocycles. The number of anilines is 1. The van der Waals surface area contributed by atoms with E-state index in [4.69, 9.17) is 0 Å². The molecule has 2 N–H and O–H groups in total. The number of nitrogens with zero attached hydrogens (tertiary/aromatic N) is 2. The van der Waals surface area contributed by atoms with E-state index in [0.29, 0.717) is 6.04 Å². The van der Waals surface area contributed by atoms with Gasteiger partial charge in [0.2, 0.25) is 0 Å². The molecular weight excluding hydrogens is 212 g/mol. The number of aromatic amines is 1. The summed E-state index contributed by atoms with van der Waals surface area (Å²) in [4.78, 5) is 11.7. The van der Waals surface area contributed by atoms with Gasteiger partial charge in [0.1, 0.15) is 17.8 Å². The van der Waals surface area contributed by atoms with Crippen LogP contribution in [0.4, 0.5) is 5.82 Å². The van der Waals surface area contributed by atoms with Crippen molar-refractivity contribution < 1.29 is 0 Å². The Hall–Kier alpha value is -1.58. The highest BCUT2D eigenvalue weighted by atomic mass is 15.1. The molecular formula is C13H18N4. The van der Waals surface area contributed by atoms with E-state index >= 15 is 0 Å². The van der Waals surface area contributed by atoms with Crippen molar-refractivity contribution in [3.05, 3.63) is 18.6 Å². The zero-order chi connectivity index (χ0) is 11.5. The fourth-order valence-corrected chi connectivity index (χ4v) is 2.60. The molecule has 0 aromatic carbocycles. The third-order valence-corrected chi connectivity index (χ3v) is 3.55. The lowest BCUT2D eigenvalue weighted by atomic mass is 10.1. The number of hydrogen-bond donors (Lipinski definition) is 2. The van der Waals surface area contributed by atoms with E-state index in [1.807, 2.05) is 12.3 Å². The largest absolute Gasteiger partial charge is 0.367 e. The van der Waals surface area contributed by atoms with Crippen LogP contribution in [0.25, 0.3) is 11.0 Å². The quantitative estimate of drug-likeness (QED) is 0.779. The molecule has 2 aromatic rings. The van der Waals surface area contributed by atoms with E-state index in [9.17, 15) is 0 Å². The third kappa shape index (κ3) is 2.25. The fourth-order valence-electron chi connectivity index (χ4n) is 2.60. The Morgan fingerprint density at radius 1 is 1.12 bits per heavy atom. The van der Waals surface area contributed by atoms with E-state index in [2.05, 4.69) is 20.3 Å². The van der Waals surface area contributed by atoms with Gasteiger partial charge in [-0.05, 0) is 18.9 Å². The van der Waals surface area contributed by atoms with Crippen LogP contribution in [0.1, 0.15) is 38.5 Å². The first-order chi connectivity index (χ1) is 8.43. The van der Waals surface area contributed by atoms with Gasteiger partial charge in [-0.3, -0.25) is 0 Å². The Balaban J connectivity index is 1.81. The van der Waals surface area contributed by atoms with E-state index in [1.54, 1.807) is 6.33 Å². The van der Waals surface area contributed by atoms with E-state index in [1.165, 1.54) is 38.5 Å². The molecule has 0 amide bonds. The van der Waals surface area contributed by atoms with Gasteiger partial charge in [0.05, 0.1) is 5.39 Å². The van der Waals surface area contributed by atoms with E-state index < -0.39 is 0 Å². The number of nitrogens with one attached hydrogen (secondary N) is 2. The first kappa shape index (κ1) is 10.6. The van der Waals surface area contributed by atoms with Crippen molar-refractivity contribution in [1.29, 1.82) is 0 Å². The monoisotopic (exact) mass is 230 g/mol. The van der Waals surface area contributed by atoms with E-state index in [0.717, 1.165) is 16.9 Å². The average Bonchev–Trinajstić information content (AvgIpc) is 2.69. The summed E-state index contributed by atoms with van der Waals surface area (Å²) in [5, 5.41) is 4.67. The van der Waals surface area contributed by atoms with Crippen LogP contribution < -0.4 is 5.32 Å². The maximum atomic E-state index is 4.36. The van der Waals surface area contributed by atoms with Crippen LogP contribution in [0, 0.1) is 0 Å². The van der Waals surface area contributed by atoms with Crippen molar-refractivity contribution in [2.75, 3.05) is 5.32 Å². The minimum atomic E-state index is 0.575. The lowest BCUT2D eigenvalue weighted by molar-refractivity contribution is 0.618. The molecule has 90 valence electrons. The number of aromatic nitrogens is 3. The zero-order valence-corrected chi connectivity index (χ0v) is 9.95. The molecule has 0 aliphatic heterocycles. The highest BCUT2D eigenvalue weighted by Crippen LogP contribution is 2.23. The van der Waals surface area contributed by atoms with Gasteiger partial charge in [-0.1, -0.05) is 25.7 Å². The Morgan fingerprint density at radius 3 is 2.76 bits per heavy atom. The molecule has 4 heteroatoms. The summed E-state index contributed by atoms with van der Waals surface area (Å²) in [5.74, 6) is 0.975. The van der Waals surface area contributed by atoms with Crippen molar-refractivity contribution in [2.45, 2.75) is 44.6 Å². The highest BCUT2D eigenvalue weighted by molar-refractivity contribution is 5.86. The summed E-state index contributed by atoms with van der Waals surface area (Å²) in [6.45, 7) is 0. The Labute approximate surface area is 101 Å². The van der Waals surface area contributed by atoms with Gasteiger partial charge in [0.25, 0.3) is 0 Å². The summed E-state index contributed by atoms with van der Waals surface area (Å²) in [6.07, 6.45) is 11.5. The van der Waals surface area contributed by atoms with Crippen LogP contribution in [0.2, 0.25) is 0 Å². The normalized spacial score (nSPS) is 18.1. The molecule has 1 aliphatic carbocycles. The van der Waals surface area contributed by atoms with Crippen LogP contribution in [0.3, 0.4) is 0 Å². The fraction of sp³-hybridized carbons (Fsp3) is 0.538. The van der Waals surface area contributed by atoms with Crippen molar-refractivity contribution >= 4 is 16.9 Å². The lowest BCUT2D eigenvalue weighted by Crippen LogP contribution is -2.19. The number of hydrogen-bond acceptors (Lipinski definition) is 3. The maximum absolute atomic E-state index is 4.36. The van der Waals surface area contributed by atoms with Gasteiger partial charge >= 0.3 is 0 Å². The standard InChI is InChI=1S/C13H18N4/c1-2-4-6-10(5-3-1)17-13-11-7-8-14-12(11)15-9-16-13/h7-10H,1-6H2,(H2,14,15,16,17). The first-order valence-corrected chi connectivity index (χ1v) is 6.48. The van der Waals surface area contributed by atoms with Crippen molar-refractivity contribution in [3.8, 4) is 0 Å². The molecule has 0 saturated heterocycles. The second kappa shape index (κ2) is 4.73. The van der Waals surface area contributed by atoms with Crippen LogP contribution >= 0.6 is 0 Å². The molecule has 0 bridgehead atoms. The molecule has 3 rings (SSSR count). The van der Waals surface area contributed by atoms with Crippen molar-refractivity contribution in [1.82, 2.24) is 15.0 Å². The number of rotatable bonds is 2. The topological polar surface area (TPSA) is 53.6 Å².